The highest BCUT2D eigenvalue weighted by atomic mass is 32.1. The normalized spacial score (nSPS) is 17.5. The SMILES string of the molecule is CCn1ncc(NC(=O)c2ccc([C@H]3CCCN3Cc3nc[nH]c3C)s2)n1. The number of imidazole rings is 1. The second-order valence-electron chi connectivity index (χ2n) is 6.68. The average Bonchev–Trinajstić information content (AvgIpc) is 3.43. The van der Waals surface area contributed by atoms with Gasteiger partial charge in [-0.15, -0.1) is 16.4 Å². The Morgan fingerprint density at radius 1 is 1.44 bits per heavy atom. The Labute approximate surface area is 161 Å². The number of nitrogens with zero attached hydrogens (tertiary/aromatic N) is 5. The number of hydrogen-bond donors (Lipinski definition) is 2. The Hall–Kier alpha value is -2.52. The number of carbonyl (C=O) groups excluding carboxylic acids is 1. The Kier molecular flexibility index (Phi) is 5.04. The topological polar surface area (TPSA) is 91.7 Å². The van der Waals surface area contributed by atoms with Gasteiger partial charge in [-0.1, -0.05) is 0 Å². The zero-order valence-electron chi connectivity index (χ0n) is 15.5. The molecule has 0 bridgehead atoms. The van der Waals surface area contributed by atoms with Gasteiger partial charge in [-0.25, -0.2) is 4.98 Å². The van der Waals surface area contributed by atoms with Crippen molar-refractivity contribution in [2.45, 2.75) is 45.8 Å². The van der Waals surface area contributed by atoms with E-state index in [1.54, 1.807) is 28.7 Å². The van der Waals surface area contributed by atoms with Gasteiger partial charge >= 0.3 is 0 Å². The van der Waals surface area contributed by atoms with Gasteiger partial charge in [-0.2, -0.15) is 9.90 Å². The average molecular weight is 385 g/mol. The molecule has 0 spiro atoms. The molecule has 0 aliphatic carbocycles. The molecule has 3 aromatic rings. The number of thiophene rings is 1. The lowest BCUT2D eigenvalue weighted by Crippen LogP contribution is -2.22. The summed E-state index contributed by atoms with van der Waals surface area (Å²) in [5.41, 5.74) is 2.21. The van der Waals surface area contributed by atoms with E-state index in [1.807, 2.05) is 13.0 Å². The molecule has 0 aromatic carbocycles. The first kappa shape index (κ1) is 17.9. The third kappa shape index (κ3) is 3.79. The fraction of sp³-hybridized carbons (Fsp3) is 0.444. The molecule has 27 heavy (non-hydrogen) atoms. The quantitative estimate of drug-likeness (QED) is 0.681. The number of rotatable bonds is 6. The van der Waals surface area contributed by atoms with Crippen molar-refractivity contribution in [2.75, 3.05) is 11.9 Å². The van der Waals surface area contributed by atoms with Gasteiger partial charge in [0.05, 0.1) is 29.6 Å². The molecule has 8 nitrogen and oxygen atoms in total. The minimum absolute atomic E-state index is 0.137. The van der Waals surface area contributed by atoms with Gasteiger partial charge < -0.3 is 10.3 Å². The van der Waals surface area contributed by atoms with Crippen molar-refractivity contribution in [1.29, 1.82) is 0 Å². The molecular formula is C18H23N7OS. The molecule has 2 N–H and O–H groups in total. The van der Waals surface area contributed by atoms with Crippen molar-refractivity contribution in [2.24, 2.45) is 0 Å². The molecule has 1 fully saturated rings. The van der Waals surface area contributed by atoms with Gasteiger partial charge in [0.15, 0.2) is 5.82 Å². The number of aryl methyl sites for hydroxylation is 2. The first-order chi connectivity index (χ1) is 13.1. The molecule has 0 saturated carbocycles. The summed E-state index contributed by atoms with van der Waals surface area (Å²) in [4.78, 5) is 26.0. The van der Waals surface area contributed by atoms with Crippen LogP contribution in [0.4, 0.5) is 5.82 Å². The minimum atomic E-state index is -0.137. The van der Waals surface area contributed by atoms with E-state index in [2.05, 4.69) is 43.4 Å². The van der Waals surface area contributed by atoms with Gasteiger partial charge in [0, 0.05) is 23.2 Å². The highest BCUT2D eigenvalue weighted by Crippen LogP contribution is 2.37. The third-order valence-corrected chi connectivity index (χ3v) is 6.08. The van der Waals surface area contributed by atoms with Gasteiger partial charge in [-0.3, -0.25) is 9.69 Å². The first-order valence-electron chi connectivity index (χ1n) is 9.18. The molecule has 1 atom stereocenters. The monoisotopic (exact) mass is 385 g/mol. The Bertz CT molecular complexity index is 928. The van der Waals surface area contributed by atoms with Gasteiger partial charge in [0.1, 0.15) is 0 Å². The zero-order valence-corrected chi connectivity index (χ0v) is 16.3. The molecular weight excluding hydrogens is 362 g/mol. The minimum Gasteiger partial charge on any atom is -0.348 e. The van der Waals surface area contributed by atoms with Crippen LogP contribution in [0.25, 0.3) is 0 Å². The summed E-state index contributed by atoms with van der Waals surface area (Å²) < 4.78 is 0. The van der Waals surface area contributed by atoms with Crippen LogP contribution in [0.5, 0.6) is 0 Å². The number of hydrogen-bond acceptors (Lipinski definition) is 6. The second kappa shape index (κ2) is 7.61. The first-order valence-corrected chi connectivity index (χ1v) is 9.99. The molecule has 142 valence electrons. The number of likely N-dealkylation sites (tertiary alicyclic amines) is 1. The van der Waals surface area contributed by atoms with Crippen LogP contribution in [0.3, 0.4) is 0 Å². The van der Waals surface area contributed by atoms with Crippen molar-refractivity contribution in [3.63, 3.8) is 0 Å². The second-order valence-corrected chi connectivity index (χ2v) is 7.79. The molecule has 4 rings (SSSR count). The van der Waals surface area contributed by atoms with Gasteiger partial charge in [0.2, 0.25) is 0 Å². The third-order valence-electron chi connectivity index (χ3n) is 4.89. The molecule has 1 aliphatic rings. The molecule has 9 heteroatoms. The van der Waals surface area contributed by atoms with Crippen molar-refractivity contribution in [3.05, 3.63) is 45.8 Å². The van der Waals surface area contributed by atoms with E-state index < -0.39 is 0 Å². The molecule has 3 aromatic heterocycles. The smallest absolute Gasteiger partial charge is 0.266 e. The van der Waals surface area contributed by atoms with Crippen molar-refractivity contribution < 1.29 is 4.79 Å². The molecule has 0 unspecified atom stereocenters. The van der Waals surface area contributed by atoms with Gasteiger partial charge in [-0.05, 0) is 45.4 Å². The maximum atomic E-state index is 12.5. The lowest BCUT2D eigenvalue weighted by molar-refractivity contribution is 0.103. The van der Waals surface area contributed by atoms with Crippen LogP contribution in [-0.4, -0.2) is 42.3 Å². The van der Waals surface area contributed by atoms with E-state index in [0.29, 0.717) is 23.3 Å². The zero-order chi connectivity index (χ0) is 18.8. The molecule has 4 heterocycles. The van der Waals surface area contributed by atoms with Crippen LogP contribution < -0.4 is 5.32 Å². The summed E-state index contributed by atoms with van der Waals surface area (Å²) in [6.07, 6.45) is 5.59. The van der Waals surface area contributed by atoms with Gasteiger partial charge in [0.25, 0.3) is 5.91 Å². The van der Waals surface area contributed by atoms with Crippen molar-refractivity contribution >= 4 is 23.1 Å². The van der Waals surface area contributed by atoms with E-state index in [1.165, 1.54) is 4.88 Å². The number of nitrogens with one attached hydrogen (secondary N) is 2. The molecule has 1 amide bonds. The summed E-state index contributed by atoms with van der Waals surface area (Å²) in [7, 11) is 0. The molecule has 1 aliphatic heterocycles. The van der Waals surface area contributed by atoms with Crippen LogP contribution in [0.15, 0.2) is 24.7 Å². The van der Waals surface area contributed by atoms with Crippen LogP contribution in [0, 0.1) is 6.92 Å². The number of aromatic amines is 1. The number of amides is 1. The standard InChI is InChI=1S/C18H23N7OS/c1-3-25-21-9-17(23-25)22-18(26)16-7-6-15(27-16)14-5-4-8-24(14)10-13-12(2)19-11-20-13/h6-7,9,11,14H,3-5,8,10H2,1-2H3,(H,19,20)(H,22,23,26)/t14-/m1/s1. The maximum absolute atomic E-state index is 12.5. The number of anilines is 1. The van der Waals surface area contributed by atoms with Crippen molar-refractivity contribution in [1.82, 2.24) is 29.9 Å². The Morgan fingerprint density at radius 3 is 3.07 bits per heavy atom. The van der Waals surface area contributed by atoms with E-state index in [9.17, 15) is 4.79 Å². The van der Waals surface area contributed by atoms with E-state index in [0.717, 1.165) is 37.3 Å². The lowest BCUT2D eigenvalue weighted by atomic mass is 10.2. The highest BCUT2D eigenvalue weighted by molar-refractivity contribution is 7.14. The van der Waals surface area contributed by atoms with Crippen LogP contribution in [-0.2, 0) is 13.1 Å². The fourth-order valence-corrected chi connectivity index (χ4v) is 4.49. The van der Waals surface area contributed by atoms with Crippen molar-refractivity contribution in [3.8, 4) is 0 Å². The molecule has 1 saturated heterocycles. The van der Waals surface area contributed by atoms with E-state index >= 15 is 0 Å². The molecule has 0 radical (unpaired) electrons. The largest absolute Gasteiger partial charge is 0.348 e. The number of aromatic nitrogens is 5. The maximum Gasteiger partial charge on any atom is 0.266 e. The highest BCUT2D eigenvalue weighted by Gasteiger charge is 2.28. The summed E-state index contributed by atoms with van der Waals surface area (Å²) in [5.74, 6) is 0.343. The Balaban J connectivity index is 1.44. The van der Waals surface area contributed by atoms with Crippen LogP contribution in [0.2, 0.25) is 0 Å². The summed E-state index contributed by atoms with van der Waals surface area (Å²) in [6, 6.07) is 4.31. The summed E-state index contributed by atoms with van der Waals surface area (Å²) >= 11 is 1.55. The van der Waals surface area contributed by atoms with Crippen LogP contribution >= 0.6 is 11.3 Å². The fourth-order valence-electron chi connectivity index (χ4n) is 3.42. The predicted molar refractivity (Wildman–Crippen MR) is 104 cm³/mol. The predicted octanol–water partition coefficient (Wildman–Crippen LogP) is 2.98. The van der Waals surface area contributed by atoms with E-state index in [4.69, 9.17) is 0 Å². The summed E-state index contributed by atoms with van der Waals surface area (Å²) in [5, 5.41) is 11.1. The summed E-state index contributed by atoms with van der Waals surface area (Å²) in [6.45, 7) is 6.56. The van der Waals surface area contributed by atoms with Crippen LogP contribution in [0.1, 0.15) is 51.7 Å². The Morgan fingerprint density at radius 2 is 2.33 bits per heavy atom. The lowest BCUT2D eigenvalue weighted by Gasteiger charge is -2.22. The number of carbonyl (C=O) groups is 1. The van der Waals surface area contributed by atoms with E-state index in [-0.39, 0.29) is 5.91 Å². The number of H-pyrrole nitrogens is 1.